The van der Waals surface area contributed by atoms with Gasteiger partial charge in [-0.05, 0) is 48.6 Å². The number of hydrogen-bond acceptors (Lipinski definition) is 2. The molecule has 2 heteroatoms. The minimum absolute atomic E-state index is 0.0414. The predicted octanol–water partition coefficient (Wildman–Crippen LogP) is 2.89. The lowest BCUT2D eigenvalue weighted by molar-refractivity contribution is -0.115. The average molecular weight is 228 g/mol. The van der Waals surface area contributed by atoms with E-state index in [0.29, 0.717) is 12.2 Å². The fourth-order valence-electron chi connectivity index (χ4n) is 3.18. The summed E-state index contributed by atoms with van der Waals surface area (Å²) in [6.45, 7) is 2.20. The Hall–Kier alpha value is -1.57. The number of carbonyl (C=O) groups excluding carboxylic acids is 1. The van der Waals surface area contributed by atoms with Crippen LogP contribution in [-0.4, -0.2) is 10.9 Å². The largest absolute Gasteiger partial charge is 0.508 e. The van der Waals surface area contributed by atoms with E-state index in [0.717, 1.165) is 19.3 Å². The molecular formula is C15H16O2. The van der Waals surface area contributed by atoms with Gasteiger partial charge < -0.3 is 5.11 Å². The topological polar surface area (TPSA) is 37.3 Å². The molecular weight excluding hydrogens is 212 g/mol. The average Bonchev–Trinajstić information content (AvgIpc) is 2.31. The predicted molar refractivity (Wildman–Crippen MR) is 66.1 cm³/mol. The number of rotatable bonds is 0. The van der Waals surface area contributed by atoms with Crippen LogP contribution < -0.4 is 0 Å². The van der Waals surface area contributed by atoms with Gasteiger partial charge in [-0.3, -0.25) is 4.79 Å². The van der Waals surface area contributed by atoms with Gasteiger partial charge in [-0.25, -0.2) is 0 Å². The normalized spacial score (nSPS) is 27.1. The molecule has 1 aromatic carbocycles. The molecule has 0 spiro atoms. The molecule has 0 fully saturated rings. The third-order valence-electron chi connectivity index (χ3n) is 4.27. The van der Waals surface area contributed by atoms with Gasteiger partial charge in [0, 0.05) is 11.8 Å². The zero-order valence-electron chi connectivity index (χ0n) is 9.99. The highest BCUT2D eigenvalue weighted by Crippen LogP contribution is 2.47. The highest BCUT2D eigenvalue weighted by atomic mass is 16.3. The van der Waals surface area contributed by atoms with Crippen LogP contribution in [0.1, 0.15) is 37.3 Å². The maximum atomic E-state index is 11.5. The molecule has 2 aliphatic rings. The summed E-state index contributed by atoms with van der Waals surface area (Å²) in [6.07, 6.45) is 5.27. The molecule has 2 nitrogen and oxygen atoms in total. The SMILES string of the molecule is CC12CCC(=O)C=C1CCc1ccc(O)cc12. The van der Waals surface area contributed by atoms with Gasteiger partial charge in [0.2, 0.25) is 0 Å². The number of phenolic OH excluding ortho intramolecular Hbond substituents is 1. The monoisotopic (exact) mass is 228 g/mol. The summed E-state index contributed by atoms with van der Waals surface area (Å²) < 4.78 is 0. The van der Waals surface area contributed by atoms with Gasteiger partial charge in [0.1, 0.15) is 5.75 Å². The molecule has 0 amide bonds. The number of phenols is 1. The minimum atomic E-state index is -0.0414. The van der Waals surface area contributed by atoms with Crippen molar-refractivity contribution in [2.75, 3.05) is 0 Å². The maximum absolute atomic E-state index is 11.5. The molecule has 17 heavy (non-hydrogen) atoms. The van der Waals surface area contributed by atoms with E-state index < -0.39 is 0 Å². The first kappa shape index (κ1) is 10.6. The number of fused-ring (bicyclic) bond motifs is 3. The molecule has 0 aromatic heterocycles. The first-order chi connectivity index (χ1) is 8.09. The number of hydrogen-bond donors (Lipinski definition) is 1. The van der Waals surface area contributed by atoms with Crippen molar-refractivity contribution < 1.29 is 9.90 Å². The lowest BCUT2D eigenvalue weighted by Gasteiger charge is -2.40. The molecule has 1 aromatic rings. The van der Waals surface area contributed by atoms with Crippen molar-refractivity contribution in [3.8, 4) is 5.75 Å². The standard InChI is InChI=1S/C15H16O2/c1-15-7-6-13(17)8-11(15)4-2-10-3-5-12(16)9-14(10)15/h3,5,8-9,16H,2,4,6-7H2,1H3. The van der Waals surface area contributed by atoms with Crippen molar-refractivity contribution in [1.82, 2.24) is 0 Å². The van der Waals surface area contributed by atoms with Crippen LogP contribution in [-0.2, 0) is 16.6 Å². The molecule has 2 aliphatic carbocycles. The Morgan fingerprint density at radius 3 is 2.88 bits per heavy atom. The summed E-state index contributed by atoms with van der Waals surface area (Å²) in [6, 6.07) is 5.64. The molecule has 0 heterocycles. The Bertz CT molecular complexity index is 528. The van der Waals surface area contributed by atoms with Gasteiger partial charge in [-0.1, -0.05) is 18.6 Å². The third-order valence-corrected chi connectivity index (χ3v) is 4.27. The number of aryl methyl sites for hydroxylation is 1. The van der Waals surface area contributed by atoms with Crippen LogP contribution >= 0.6 is 0 Å². The van der Waals surface area contributed by atoms with Crippen molar-refractivity contribution in [3.63, 3.8) is 0 Å². The first-order valence-corrected chi connectivity index (χ1v) is 6.16. The summed E-state index contributed by atoms with van der Waals surface area (Å²) in [5.41, 5.74) is 3.73. The molecule has 88 valence electrons. The molecule has 0 radical (unpaired) electrons. The molecule has 3 rings (SSSR count). The zero-order valence-corrected chi connectivity index (χ0v) is 9.99. The number of carbonyl (C=O) groups is 1. The van der Waals surface area contributed by atoms with Crippen LogP contribution in [0.4, 0.5) is 0 Å². The van der Waals surface area contributed by atoms with Crippen LogP contribution in [0.2, 0.25) is 0 Å². The second-order valence-corrected chi connectivity index (χ2v) is 5.31. The van der Waals surface area contributed by atoms with Gasteiger partial charge in [-0.2, -0.15) is 0 Å². The van der Waals surface area contributed by atoms with E-state index in [1.807, 2.05) is 18.2 Å². The lowest BCUT2D eigenvalue weighted by Crippen LogP contribution is -2.34. The maximum Gasteiger partial charge on any atom is 0.155 e. The zero-order chi connectivity index (χ0) is 12.0. The third kappa shape index (κ3) is 1.51. The van der Waals surface area contributed by atoms with Crippen LogP contribution in [0.3, 0.4) is 0 Å². The van der Waals surface area contributed by atoms with Crippen LogP contribution in [0.15, 0.2) is 29.8 Å². The van der Waals surface area contributed by atoms with Crippen molar-refractivity contribution in [3.05, 3.63) is 41.0 Å². The number of ketones is 1. The van der Waals surface area contributed by atoms with E-state index >= 15 is 0 Å². The van der Waals surface area contributed by atoms with E-state index in [1.165, 1.54) is 16.7 Å². The summed E-state index contributed by atoms with van der Waals surface area (Å²) in [4.78, 5) is 11.5. The highest BCUT2D eigenvalue weighted by Gasteiger charge is 2.38. The second-order valence-electron chi connectivity index (χ2n) is 5.31. The molecule has 0 saturated heterocycles. The molecule has 1 atom stereocenters. The van der Waals surface area contributed by atoms with Crippen LogP contribution in [0, 0.1) is 0 Å². The van der Waals surface area contributed by atoms with E-state index in [4.69, 9.17) is 0 Å². The molecule has 1 N–H and O–H groups in total. The second kappa shape index (κ2) is 3.46. The van der Waals surface area contributed by atoms with E-state index in [2.05, 4.69) is 6.92 Å². The van der Waals surface area contributed by atoms with Gasteiger partial charge in [-0.15, -0.1) is 0 Å². The number of aromatic hydroxyl groups is 1. The smallest absolute Gasteiger partial charge is 0.155 e. The van der Waals surface area contributed by atoms with E-state index in [-0.39, 0.29) is 11.2 Å². The lowest BCUT2D eigenvalue weighted by atomic mass is 9.63. The van der Waals surface area contributed by atoms with Crippen LogP contribution in [0.25, 0.3) is 0 Å². The summed E-state index contributed by atoms with van der Waals surface area (Å²) >= 11 is 0. The van der Waals surface area contributed by atoms with Gasteiger partial charge in [0.05, 0.1) is 0 Å². The highest BCUT2D eigenvalue weighted by molar-refractivity contribution is 5.92. The van der Waals surface area contributed by atoms with Crippen molar-refractivity contribution in [1.29, 1.82) is 0 Å². The Balaban J connectivity index is 2.19. The quantitative estimate of drug-likeness (QED) is 0.741. The van der Waals surface area contributed by atoms with E-state index in [9.17, 15) is 9.90 Å². The van der Waals surface area contributed by atoms with Gasteiger partial charge >= 0.3 is 0 Å². The number of allylic oxidation sites excluding steroid dienone is 2. The minimum Gasteiger partial charge on any atom is -0.508 e. The Morgan fingerprint density at radius 2 is 2.06 bits per heavy atom. The van der Waals surface area contributed by atoms with Gasteiger partial charge in [0.25, 0.3) is 0 Å². The fraction of sp³-hybridized carbons (Fsp3) is 0.400. The fourth-order valence-corrected chi connectivity index (χ4v) is 3.18. The molecule has 0 aliphatic heterocycles. The first-order valence-electron chi connectivity index (χ1n) is 6.16. The molecule has 1 unspecified atom stereocenters. The van der Waals surface area contributed by atoms with Crippen molar-refractivity contribution >= 4 is 5.78 Å². The van der Waals surface area contributed by atoms with Gasteiger partial charge in [0.15, 0.2) is 5.78 Å². The summed E-state index contributed by atoms with van der Waals surface area (Å²) in [5, 5.41) is 9.66. The van der Waals surface area contributed by atoms with E-state index in [1.54, 1.807) is 6.07 Å². The summed E-state index contributed by atoms with van der Waals surface area (Å²) in [7, 11) is 0. The van der Waals surface area contributed by atoms with Crippen LogP contribution in [0.5, 0.6) is 5.75 Å². The Morgan fingerprint density at radius 1 is 1.24 bits per heavy atom. The van der Waals surface area contributed by atoms with Crippen molar-refractivity contribution in [2.24, 2.45) is 0 Å². The molecule has 0 saturated carbocycles. The van der Waals surface area contributed by atoms with Crippen molar-refractivity contribution in [2.45, 2.75) is 38.0 Å². The summed E-state index contributed by atoms with van der Waals surface area (Å²) in [5.74, 6) is 0.573. The Labute approximate surface area is 101 Å². The number of benzene rings is 1. The Kier molecular flexibility index (Phi) is 2.15. The molecule has 0 bridgehead atoms.